The monoisotopic (exact) mass is 497 g/mol. The second kappa shape index (κ2) is 8.64. The average Bonchev–Trinajstić information content (AvgIpc) is 3.34. The van der Waals surface area contributed by atoms with E-state index in [4.69, 9.17) is 4.98 Å². The van der Waals surface area contributed by atoms with Crippen molar-refractivity contribution in [3.8, 4) is 33.4 Å². The third-order valence-corrected chi connectivity index (χ3v) is 7.73. The van der Waals surface area contributed by atoms with E-state index in [1.807, 2.05) is 42.7 Å². The minimum absolute atomic E-state index is 0.865. The van der Waals surface area contributed by atoms with Crippen LogP contribution in [0, 0.1) is 0 Å². The number of rotatable bonds is 4. The third kappa shape index (κ3) is 3.37. The van der Waals surface area contributed by atoms with Crippen molar-refractivity contribution < 1.29 is 0 Å². The summed E-state index contributed by atoms with van der Waals surface area (Å²) >= 11 is 0. The van der Waals surface area contributed by atoms with E-state index in [0.717, 1.165) is 28.1 Å². The first-order valence-electron chi connectivity index (χ1n) is 13.2. The first-order valence-corrected chi connectivity index (χ1v) is 13.2. The molecule has 182 valence electrons. The Labute approximate surface area is 226 Å². The number of hydrogen-bond donors (Lipinski definition) is 0. The van der Waals surface area contributed by atoms with Crippen LogP contribution in [-0.2, 0) is 0 Å². The summed E-state index contributed by atoms with van der Waals surface area (Å²) in [6.07, 6.45) is 3.71. The van der Waals surface area contributed by atoms with Crippen molar-refractivity contribution in [2.75, 3.05) is 4.90 Å². The Bertz CT molecular complexity index is 1980. The highest BCUT2D eigenvalue weighted by Crippen LogP contribution is 2.49. The van der Waals surface area contributed by atoms with Crippen LogP contribution < -0.4 is 4.90 Å². The van der Waals surface area contributed by atoms with Gasteiger partial charge in [0.2, 0.25) is 0 Å². The van der Waals surface area contributed by atoms with Crippen molar-refractivity contribution in [3.05, 3.63) is 140 Å². The Balaban J connectivity index is 1.27. The lowest BCUT2D eigenvalue weighted by atomic mass is 9.94. The highest BCUT2D eigenvalue weighted by atomic mass is 15.2. The third-order valence-electron chi connectivity index (χ3n) is 7.73. The molecule has 0 saturated carbocycles. The van der Waals surface area contributed by atoms with Gasteiger partial charge in [-0.1, -0.05) is 91.0 Å². The molecule has 0 N–H and O–H groups in total. The Morgan fingerprint density at radius 1 is 0.436 bits per heavy atom. The van der Waals surface area contributed by atoms with Crippen LogP contribution in [0.2, 0.25) is 0 Å². The van der Waals surface area contributed by atoms with Crippen molar-refractivity contribution in [1.82, 2.24) is 9.97 Å². The molecule has 3 nitrogen and oxygen atoms in total. The smallest absolute Gasteiger partial charge is 0.137 e. The lowest BCUT2D eigenvalue weighted by Crippen LogP contribution is -2.12. The van der Waals surface area contributed by atoms with Gasteiger partial charge < -0.3 is 0 Å². The molecule has 2 heterocycles. The SMILES string of the molecule is c1ccc(N(c2ccc(-c3ccc4c5c(cccc35)-c3ccccc3-4)cc2)c2ccnc3ccccc23)nc1. The zero-order valence-electron chi connectivity index (χ0n) is 21.1. The summed E-state index contributed by atoms with van der Waals surface area (Å²) in [5.74, 6) is 0.865. The van der Waals surface area contributed by atoms with Crippen LogP contribution >= 0.6 is 0 Å². The number of anilines is 3. The fraction of sp³-hybridized carbons (Fsp3) is 0. The van der Waals surface area contributed by atoms with E-state index in [1.54, 1.807) is 0 Å². The van der Waals surface area contributed by atoms with Crippen LogP contribution in [0.5, 0.6) is 0 Å². The first kappa shape index (κ1) is 21.8. The lowest BCUT2D eigenvalue weighted by molar-refractivity contribution is 1.18. The van der Waals surface area contributed by atoms with Gasteiger partial charge in [-0.2, -0.15) is 0 Å². The zero-order chi connectivity index (χ0) is 25.8. The van der Waals surface area contributed by atoms with Gasteiger partial charge >= 0.3 is 0 Å². The van der Waals surface area contributed by atoms with Gasteiger partial charge in [0.15, 0.2) is 0 Å². The molecule has 0 bridgehead atoms. The van der Waals surface area contributed by atoms with Crippen molar-refractivity contribution in [2.24, 2.45) is 0 Å². The molecule has 0 unspecified atom stereocenters. The quantitative estimate of drug-likeness (QED) is 0.242. The fourth-order valence-corrected chi connectivity index (χ4v) is 6.01. The summed E-state index contributed by atoms with van der Waals surface area (Å²) < 4.78 is 0. The summed E-state index contributed by atoms with van der Waals surface area (Å²) in [5, 5.41) is 3.72. The Kier molecular flexibility index (Phi) is 4.82. The van der Waals surface area contributed by atoms with Gasteiger partial charge in [-0.3, -0.25) is 9.88 Å². The van der Waals surface area contributed by atoms with Crippen molar-refractivity contribution >= 4 is 38.9 Å². The van der Waals surface area contributed by atoms with E-state index < -0.39 is 0 Å². The highest BCUT2D eigenvalue weighted by molar-refractivity contribution is 6.18. The molecule has 2 aromatic heterocycles. The van der Waals surface area contributed by atoms with E-state index in [0.29, 0.717) is 0 Å². The van der Waals surface area contributed by atoms with Crippen LogP contribution in [0.1, 0.15) is 0 Å². The molecule has 5 aromatic carbocycles. The standard InChI is InChI=1S/C36H23N3/c1-2-9-28-27(8-1)30-12-7-11-29-26(19-20-31(28)36(29)30)24-15-17-25(18-16-24)39(35-14-5-6-22-38-35)34-21-23-37-33-13-4-3-10-32(33)34/h1-23H. The maximum Gasteiger partial charge on any atom is 0.137 e. The van der Waals surface area contributed by atoms with Crippen LogP contribution in [0.25, 0.3) is 55.1 Å². The molecule has 8 rings (SSSR count). The Hall–Kier alpha value is -5.28. The molecule has 3 heteroatoms. The van der Waals surface area contributed by atoms with Gasteiger partial charge in [-0.25, -0.2) is 4.98 Å². The number of aromatic nitrogens is 2. The van der Waals surface area contributed by atoms with Crippen LogP contribution in [0.4, 0.5) is 17.2 Å². The minimum atomic E-state index is 0.865. The van der Waals surface area contributed by atoms with E-state index in [9.17, 15) is 0 Å². The molecular weight excluding hydrogens is 474 g/mol. The van der Waals surface area contributed by atoms with Crippen molar-refractivity contribution in [3.63, 3.8) is 0 Å². The van der Waals surface area contributed by atoms with Gasteiger partial charge in [0.05, 0.1) is 11.2 Å². The van der Waals surface area contributed by atoms with E-state index in [-0.39, 0.29) is 0 Å². The fourth-order valence-electron chi connectivity index (χ4n) is 6.01. The number of fused-ring (bicyclic) bond motifs is 4. The molecule has 1 aliphatic rings. The number of benzene rings is 5. The zero-order valence-corrected chi connectivity index (χ0v) is 21.1. The number of hydrogen-bond acceptors (Lipinski definition) is 3. The normalized spacial score (nSPS) is 11.6. The summed E-state index contributed by atoms with van der Waals surface area (Å²) in [5.41, 5.74) is 10.8. The molecule has 0 amide bonds. The highest BCUT2D eigenvalue weighted by Gasteiger charge is 2.22. The minimum Gasteiger partial charge on any atom is -0.294 e. The molecule has 0 fully saturated rings. The van der Waals surface area contributed by atoms with E-state index in [2.05, 4.69) is 107 Å². The van der Waals surface area contributed by atoms with Crippen molar-refractivity contribution in [2.45, 2.75) is 0 Å². The second-order valence-electron chi connectivity index (χ2n) is 9.85. The van der Waals surface area contributed by atoms with E-state index >= 15 is 0 Å². The molecule has 0 spiro atoms. The summed E-state index contributed by atoms with van der Waals surface area (Å²) in [7, 11) is 0. The second-order valence-corrected chi connectivity index (χ2v) is 9.85. The molecule has 7 aromatic rings. The number of para-hydroxylation sites is 1. The van der Waals surface area contributed by atoms with Crippen LogP contribution in [0.15, 0.2) is 140 Å². The Morgan fingerprint density at radius 3 is 1.95 bits per heavy atom. The molecule has 0 aliphatic heterocycles. The molecule has 0 radical (unpaired) electrons. The number of pyridine rings is 2. The molecule has 0 saturated heterocycles. The van der Waals surface area contributed by atoms with Gasteiger partial charge in [0.25, 0.3) is 0 Å². The maximum absolute atomic E-state index is 4.71. The predicted molar refractivity (Wildman–Crippen MR) is 162 cm³/mol. The predicted octanol–water partition coefficient (Wildman–Crippen LogP) is 9.57. The van der Waals surface area contributed by atoms with Crippen LogP contribution in [0.3, 0.4) is 0 Å². The van der Waals surface area contributed by atoms with Gasteiger partial charge in [-0.15, -0.1) is 0 Å². The van der Waals surface area contributed by atoms with Gasteiger partial charge in [-0.05, 0) is 80.6 Å². The largest absolute Gasteiger partial charge is 0.294 e. The Morgan fingerprint density at radius 2 is 1.13 bits per heavy atom. The summed E-state index contributed by atoms with van der Waals surface area (Å²) in [6, 6.07) is 45.1. The topological polar surface area (TPSA) is 29.0 Å². The first-order chi connectivity index (χ1) is 19.4. The maximum atomic E-state index is 4.71. The van der Waals surface area contributed by atoms with E-state index in [1.165, 1.54) is 44.2 Å². The summed E-state index contributed by atoms with van der Waals surface area (Å²) in [6.45, 7) is 0. The molecule has 1 aliphatic carbocycles. The van der Waals surface area contributed by atoms with Crippen LogP contribution in [-0.4, -0.2) is 9.97 Å². The average molecular weight is 498 g/mol. The number of nitrogens with zero attached hydrogens (tertiary/aromatic N) is 3. The molecule has 0 atom stereocenters. The molecular formula is C36H23N3. The lowest BCUT2D eigenvalue weighted by Gasteiger charge is -2.25. The van der Waals surface area contributed by atoms with Gasteiger partial charge in [0, 0.05) is 23.5 Å². The molecule has 39 heavy (non-hydrogen) atoms. The van der Waals surface area contributed by atoms with Gasteiger partial charge in [0.1, 0.15) is 5.82 Å². The summed E-state index contributed by atoms with van der Waals surface area (Å²) in [4.78, 5) is 11.5. The van der Waals surface area contributed by atoms with Crippen molar-refractivity contribution in [1.29, 1.82) is 0 Å².